The van der Waals surface area contributed by atoms with Crippen LogP contribution in [0.25, 0.3) is 0 Å². The molecule has 1 aromatic carbocycles. The van der Waals surface area contributed by atoms with Crippen LogP contribution in [0.2, 0.25) is 0 Å². The number of hydrogen-bond donors (Lipinski definition) is 1. The second-order valence-corrected chi connectivity index (χ2v) is 5.60. The maximum atomic E-state index is 12.4. The number of likely N-dealkylation sites (tertiary alicyclic amines) is 1. The molecule has 1 aromatic rings. The van der Waals surface area contributed by atoms with Crippen molar-refractivity contribution in [2.24, 2.45) is 5.92 Å². The molecule has 0 saturated carbocycles. The van der Waals surface area contributed by atoms with Crippen LogP contribution in [-0.2, 0) is 0 Å². The zero-order valence-corrected chi connectivity index (χ0v) is 12.7. The summed E-state index contributed by atoms with van der Waals surface area (Å²) in [4.78, 5) is 2.44. The van der Waals surface area contributed by atoms with E-state index in [1.54, 1.807) is 18.2 Å². The molecule has 1 saturated heterocycles. The molecule has 2 atom stereocenters. The second kappa shape index (κ2) is 7.59. The van der Waals surface area contributed by atoms with Gasteiger partial charge in [-0.1, -0.05) is 19.1 Å². The molecule has 0 aliphatic carbocycles. The van der Waals surface area contributed by atoms with Gasteiger partial charge in [-0.2, -0.15) is 8.78 Å². The average molecular weight is 298 g/mol. The van der Waals surface area contributed by atoms with Crippen LogP contribution >= 0.6 is 0 Å². The Kier molecular flexibility index (Phi) is 5.79. The summed E-state index contributed by atoms with van der Waals surface area (Å²) < 4.78 is 29.4. The van der Waals surface area contributed by atoms with Crippen LogP contribution in [0.1, 0.15) is 26.7 Å². The molecule has 118 valence electrons. The average Bonchev–Trinajstić information content (AvgIpc) is 2.48. The van der Waals surface area contributed by atoms with Crippen molar-refractivity contribution in [3.05, 3.63) is 24.3 Å². The Bertz CT molecular complexity index is 442. The fourth-order valence-electron chi connectivity index (χ4n) is 2.93. The predicted octanol–water partition coefficient (Wildman–Crippen LogP) is 3.82. The lowest BCUT2D eigenvalue weighted by Crippen LogP contribution is -2.41. The topological polar surface area (TPSA) is 24.5 Å². The minimum Gasteiger partial charge on any atom is -0.433 e. The maximum Gasteiger partial charge on any atom is 0.387 e. The van der Waals surface area contributed by atoms with Crippen molar-refractivity contribution in [2.45, 2.75) is 39.3 Å². The fourth-order valence-corrected chi connectivity index (χ4v) is 2.93. The summed E-state index contributed by atoms with van der Waals surface area (Å²) in [5, 5.41) is 3.35. The van der Waals surface area contributed by atoms with Crippen LogP contribution < -0.4 is 10.1 Å². The van der Waals surface area contributed by atoms with Crippen molar-refractivity contribution < 1.29 is 13.5 Å². The van der Waals surface area contributed by atoms with Crippen molar-refractivity contribution in [1.82, 2.24) is 4.90 Å². The van der Waals surface area contributed by atoms with Crippen LogP contribution in [0.3, 0.4) is 0 Å². The lowest BCUT2D eigenvalue weighted by molar-refractivity contribution is -0.0494. The third-order valence-electron chi connectivity index (χ3n) is 4.18. The van der Waals surface area contributed by atoms with Gasteiger partial charge in [0.25, 0.3) is 0 Å². The number of piperidine rings is 1. The molecule has 1 heterocycles. The Labute approximate surface area is 125 Å². The van der Waals surface area contributed by atoms with Gasteiger partial charge in [0, 0.05) is 12.6 Å². The van der Waals surface area contributed by atoms with E-state index in [0.29, 0.717) is 11.6 Å². The van der Waals surface area contributed by atoms with Gasteiger partial charge in [0.1, 0.15) is 5.75 Å². The number of rotatable bonds is 6. The Morgan fingerprint density at radius 3 is 2.86 bits per heavy atom. The lowest BCUT2D eigenvalue weighted by atomic mass is 9.91. The molecule has 0 spiro atoms. The van der Waals surface area contributed by atoms with Gasteiger partial charge in [0.2, 0.25) is 0 Å². The smallest absolute Gasteiger partial charge is 0.387 e. The maximum absolute atomic E-state index is 12.4. The first-order valence-corrected chi connectivity index (χ1v) is 7.63. The second-order valence-electron chi connectivity index (χ2n) is 5.60. The van der Waals surface area contributed by atoms with E-state index in [0.717, 1.165) is 19.6 Å². The highest BCUT2D eigenvalue weighted by Crippen LogP contribution is 2.29. The summed E-state index contributed by atoms with van der Waals surface area (Å²) in [6, 6.07) is 7.11. The number of anilines is 1. The molecule has 0 aromatic heterocycles. The summed E-state index contributed by atoms with van der Waals surface area (Å²) in [7, 11) is 0. The number of benzene rings is 1. The van der Waals surface area contributed by atoms with Gasteiger partial charge < -0.3 is 15.0 Å². The van der Waals surface area contributed by atoms with Gasteiger partial charge >= 0.3 is 6.61 Å². The summed E-state index contributed by atoms with van der Waals surface area (Å²) in [5.74, 6) is 0.737. The molecule has 1 N–H and O–H groups in total. The van der Waals surface area contributed by atoms with Crippen molar-refractivity contribution in [2.75, 3.05) is 25.0 Å². The van der Waals surface area contributed by atoms with Gasteiger partial charge in [-0.05, 0) is 50.9 Å². The summed E-state index contributed by atoms with van der Waals surface area (Å²) in [5.41, 5.74) is 0.638. The van der Waals surface area contributed by atoms with Crippen LogP contribution in [-0.4, -0.2) is 37.2 Å². The quantitative estimate of drug-likeness (QED) is 0.864. The summed E-state index contributed by atoms with van der Waals surface area (Å²) >= 11 is 0. The van der Waals surface area contributed by atoms with Crippen LogP contribution in [0.4, 0.5) is 14.5 Å². The molecule has 0 bridgehead atoms. The first-order valence-electron chi connectivity index (χ1n) is 7.63. The van der Waals surface area contributed by atoms with E-state index in [1.807, 2.05) is 6.07 Å². The third-order valence-corrected chi connectivity index (χ3v) is 4.18. The monoisotopic (exact) mass is 298 g/mol. The zero-order valence-electron chi connectivity index (χ0n) is 12.7. The number of halogens is 2. The highest BCUT2D eigenvalue weighted by molar-refractivity contribution is 5.56. The Morgan fingerprint density at radius 1 is 1.38 bits per heavy atom. The molecular weight excluding hydrogens is 274 g/mol. The van der Waals surface area contributed by atoms with E-state index in [2.05, 4.69) is 28.8 Å². The molecular formula is C16H24F2N2O. The number of para-hydroxylation sites is 2. The van der Waals surface area contributed by atoms with E-state index in [4.69, 9.17) is 0 Å². The lowest BCUT2D eigenvalue weighted by Gasteiger charge is -2.36. The van der Waals surface area contributed by atoms with Crippen LogP contribution in [0, 0.1) is 5.92 Å². The number of ether oxygens (including phenoxy) is 1. The summed E-state index contributed by atoms with van der Waals surface area (Å²) in [6.07, 6.45) is 2.36. The predicted molar refractivity (Wildman–Crippen MR) is 81.0 cm³/mol. The molecule has 1 aliphatic heterocycles. The number of hydrogen-bond acceptors (Lipinski definition) is 3. The number of nitrogens with one attached hydrogen (secondary N) is 1. The normalized spacial score (nSPS) is 21.3. The minimum absolute atomic E-state index is 0.211. The molecule has 5 heteroatoms. The molecule has 1 aliphatic rings. The van der Waals surface area contributed by atoms with Gasteiger partial charge in [-0.3, -0.25) is 0 Å². The van der Waals surface area contributed by atoms with Crippen molar-refractivity contribution in [3.8, 4) is 5.75 Å². The van der Waals surface area contributed by atoms with Crippen molar-refractivity contribution >= 4 is 5.69 Å². The summed E-state index contributed by atoms with van der Waals surface area (Å²) in [6.45, 7) is 4.77. The van der Waals surface area contributed by atoms with E-state index in [-0.39, 0.29) is 11.8 Å². The van der Waals surface area contributed by atoms with Gasteiger partial charge in [-0.15, -0.1) is 0 Å². The largest absolute Gasteiger partial charge is 0.433 e. The van der Waals surface area contributed by atoms with Gasteiger partial charge in [0.05, 0.1) is 5.69 Å². The van der Waals surface area contributed by atoms with Crippen molar-refractivity contribution in [1.29, 1.82) is 0 Å². The molecule has 2 rings (SSSR count). The van der Waals surface area contributed by atoms with E-state index < -0.39 is 6.61 Å². The zero-order chi connectivity index (χ0) is 15.2. The Hall–Kier alpha value is -1.36. The molecule has 0 amide bonds. The van der Waals surface area contributed by atoms with E-state index in [9.17, 15) is 8.78 Å². The highest BCUT2D eigenvalue weighted by atomic mass is 19.3. The molecule has 21 heavy (non-hydrogen) atoms. The first kappa shape index (κ1) is 16.0. The van der Waals surface area contributed by atoms with Gasteiger partial charge in [0.15, 0.2) is 0 Å². The van der Waals surface area contributed by atoms with Crippen molar-refractivity contribution in [3.63, 3.8) is 0 Å². The standard InChI is InChI=1S/C16H24F2N2O/c1-3-20-10-6-7-13(11-20)12(2)19-14-8-4-5-9-15(14)21-16(17)18/h4-5,8-9,12-13,16,19H,3,6-7,10-11H2,1-2H3. The van der Waals surface area contributed by atoms with Crippen LogP contribution in [0.5, 0.6) is 5.75 Å². The molecule has 3 nitrogen and oxygen atoms in total. The Balaban J connectivity index is 2.00. The van der Waals surface area contributed by atoms with E-state index >= 15 is 0 Å². The van der Waals surface area contributed by atoms with Gasteiger partial charge in [-0.25, -0.2) is 0 Å². The molecule has 1 fully saturated rings. The SMILES string of the molecule is CCN1CCCC(C(C)Nc2ccccc2OC(F)F)C1. The Morgan fingerprint density at radius 2 is 2.14 bits per heavy atom. The highest BCUT2D eigenvalue weighted by Gasteiger charge is 2.24. The fraction of sp³-hybridized carbons (Fsp3) is 0.625. The first-order chi connectivity index (χ1) is 10.1. The minimum atomic E-state index is -2.80. The van der Waals surface area contributed by atoms with Crippen LogP contribution in [0.15, 0.2) is 24.3 Å². The number of nitrogens with zero attached hydrogens (tertiary/aromatic N) is 1. The molecule has 2 unspecified atom stereocenters. The molecule has 0 radical (unpaired) electrons. The van der Waals surface area contributed by atoms with E-state index in [1.165, 1.54) is 12.8 Å². The third kappa shape index (κ3) is 4.56. The number of alkyl halides is 2.